The molecule has 1 N–H and O–H groups in total. The molecule has 10 heteroatoms. The van der Waals surface area contributed by atoms with Crippen molar-refractivity contribution in [1.82, 2.24) is 10.2 Å². The Morgan fingerprint density at radius 3 is 2.24 bits per heavy atom. The quantitative estimate of drug-likeness (QED) is 0.303. The summed E-state index contributed by atoms with van der Waals surface area (Å²) in [6, 6.07) is 17.8. The Balaban J connectivity index is 1.70. The fourth-order valence-corrected chi connectivity index (χ4v) is 6.86. The molecule has 1 aliphatic rings. The van der Waals surface area contributed by atoms with Crippen LogP contribution >= 0.6 is 11.6 Å². The topological polar surface area (TPSA) is 96.0 Å². The molecule has 0 bridgehead atoms. The van der Waals surface area contributed by atoms with Crippen molar-refractivity contribution in [2.45, 2.75) is 70.0 Å². The minimum Gasteiger partial charge on any atom is -0.497 e. The molecule has 42 heavy (non-hydrogen) atoms. The summed E-state index contributed by atoms with van der Waals surface area (Å²) in [7, 11) is -2.58. The van der Waals surface area contributed by atoms with Crippen LogP contribution in [0, 0.1) is 13.8 Å². The molecule has 3 aromatic rings. The van der Waals surface area contributed by atoms with E-state index in [1.165, 1.54) is 17.0 Å². The monoisotopic (exact) mass is 611 g/mol. The normalized spacial score (nSPS) is 14.3. The van der Waals surface area contributed by atoms with E-state index >= 15 is 0 Å². The van der Waals surface area contributed by atoms with Crippen molar-refractivity contribution >= 4 is 39.1 Å². The van der Waals surface area contributed by atoms with Crippen LogP contribution in [0.25, 0.3) is 0 Å². The number of anilines is 1. The van der Waals surface area contributed by atoms with E-state index in [9.17, 15) is 18.0 Å². The van der Waals surface area contributed by atoms with E-state index < -0.39 is 28.5 Å². The maximum Gasteiger partial charge on any atom is 0.264 e. The van der Waals surface area contributed by atoms with E-state index in [1.54, 1.807) is 63.4 Å². The molecule has 0 heterocycles. The zero-order chi connectivity index (χ0) is 30.4. The summed E-state index contributed by atoms with van der Waals surface area (Å²) >= 11 is 6.19. The van der Waals surface area contributed by atoms with Gasteiger partial charge in [0.15, 0.2) is 0 Å². The highest BCUT2D eigenvalue weighted by Gasteiger charge is 2.34. The largest absolute Gasteiger partial charge is 0.497 e. The molecule has 1 atom stereocenters. The van der Waals surface area contributed by atoms with Gasteiger partial charge < -0.3 is 15.0 Å². The number of sulfonamides is 1. The van der Waals surface area contributed by atoms with Gasteiger partial charge in [0.25, 0.3) is 10.0 Å². The number of nitrogens with zero attached hydrogens (tertiary/aromatic N) is 2. The molecule has 0 radical (unpaired) electrons. The van der Waals surface area contributed by atoms with E-state index in [2.05, 4.69) is 5.32 Å². The SMILES string of the molecule is COc1ccc(CN(C(=O)CN(c2ccc(Cl)cc2C)S(=O)(=O)c2ccc(C)cc2)[C@H](C)C(=O)NC2CCCC2)cc1. The second-order valence-corrected chi connectivity index (χ2v) is 13.1. The van der Waals surface area contributed by atoms with E-state index in [-0.39, 0.29) is 23.4 Å². The molecule has 1 fully saturated rings. The van der Waals surface area contributed by atoms with Gasteiger partial charge in [0.05, 0.1) is 17.7 Å². The first kappa shape index (κ1) is 31.4. The van der Waals surface area contributed by atoms with Crippen LogP contribution in [0.1, 0.15) is 49.3 Å². The van der Waals surface area contributed by atoms with Crippen LogP contribution in [0.15, 0.2) is 71.6 Å². The molecule has 0 aliphatic heterocycles. The fourth-order valence-electron chi connectivity index (χ4n) is 5.15. The van der Waals surface area contributed by atoms with Crippen molar-refractivity contribution in [2.24, 2.45) is 0 Å². The molecular formula is C32H38ClN3O5S. The van der Waals surface area contributed by atoms with Crippen molar-refractivity contribution < 1.29 is 22.7 Å². The molecule has 1 aliphatic carbocycles. The second-order valence-electron chi connectivity index (χ2n) is 10.8. The predicted molar refractivity (Wildman–Crippen MR) is 165 cm³/mol. The summed E-state index contributed by atoms with van der Waals surface area (Å²) in [5.41, 5.74) is 2.62. The maximum absolute atomic E-state index is 14.1. The molecule has 1 saturated carbocycles. The van der Waals surface area contributed by atoms with Gasteiger partial charge in [-0.05, 0) is 87.2 Å². The number of amides is 2. The van der Waals surface area contributed by atoms with Crippen LogP contribution in [0.3, 0.4) is 0 Å². The summed E-state index contributed by atoms with van der Waals surface area (Å²) in [5, 5.41) is 3.53. The Bertz CT molecular complexity index is 1500. The smallest absolute Gasteiger partial charge is 0.264 e. The van der Waals surface area contributed by atoms with Crippen LogP contribution < -0.4 is 14.4 Å². The van der Waals surface area contributed by atoms with Crippen LogP contribution in [-0.2, 0) is 26.2 Å². The Hall–Kier alpha value is -3.56. The molecule has 0 aromatic heterocycles. The Morgan fingerprint density at radius 1 is 1.00 bits per heavy atom. The number of aryl methyl sites for hydroxylation is 2. The number of benzene rings is 3. The molecule has 224 valence electrons. The highest BCUT2D eigenvalue weighted by atomic mass is 35.5. The molecular weight excluding hydrogens is 574 g/mol. The Labute approximate surface area is 253 Å². The molecule has 0 unspecified atom stereocenters. The number of nitrogens with one attached hydrogen (secondary N) is 1. The standard InChI is InChI=1S/C32H38ClN3O5S/c1-22-9-16-29(17-10-22)42(39,40)36(30-18-13-26(33)19-23(30)2)21-31(37)35(20-25-11-14-28(41-4)15-12-25)24(3)32(38)34-27-7-5-6-8-27/h9-19,24,27H,5-8,20-21H2,1-4H3,(H,34,38)/t24-/m1/s1. The first-order chi connectivity index (χ1) is 20.0. The number of rotatable bonds is 11. The van der Waals surface area contributed by atoms with E-state index in [1.807, 2.05) is 19.1 Å². The van der Waals surface area contributed by atoms with Crippen LogP contribution in [0.5, 0.6) is 5.75 Å². The predicted octanol–water partition coefficient (Wildman–Crippen LogP) is 5.64. The minimum absolute atomic E-state index is 0.0592. The summed E-state index contributed by atoms with van der Waals surface area (Å²) in [5.74, 6) is -0.110. The fraction of sp³-hybridized carbons (Fsp3) is 0.375. The third kappa shape index (κ3) is 7.44. The number of carbonyl (C=O) groups is 2. The van der Waals surface area contributed by atoms with E-state index in [0.717, 1.165) is 41.1 Å². The zero-order valence-corrected chi connectivity index (χ0v) is 26.0. The lowest BCUT2D eigenvalue weighted by atomic mass is 10.1. The zero-order valence-electron chi connectivity index (χ0n) is 24.5. The second kappa shape index (κ2) is 13.6. The maximum atomic E-state index is 14.1. The van der Waals surface area contributed by atoms with Crippen molar-refractivity contribution in [3.05, 3.63) is 88.4 Å². The van der Waals surface area contributed by atoms with Gasteiger partial charge in [-0.25, -0.2) is 8.42 Å². The van der Waals surface area contributed by atoms with Gasteiger partial charge in [0.2, 0.25) is 11.8 Å². The summed E-state index contributed by atoms with van der Waals surface area (Å²) in [6.45, 7) is 4.90. The average Bonchev–Trinajstić information content (AvgIpc) is 3.48. The van der Waals surface area contributed by atoms with Crippen LogP contribution in [-0.4, -0.2) is 50.9 Å². The minimum atomic E-state index is -4.16. The number of ether oxygens (including phenoxy) is 1. The lowest BCUT2D eigenvalue weighted by Gasteiger charge is -2.33. The van der Waals surface area contributed by atoms with Crippen LogP contribution in [0.2, 0.25) is 5.02 Å². The molecule has 2 amide bonds. The van der Waals surface area contributed by atoms with Crippen molar-refractivity contribution in [1.29, 1.82) is 0 Å². The average molecular weight is 612 g/mol. The highest BCUT2D eigenvalue weighted by molar-refractivity contribution is 7.92. The number of carbonyl (C=O) groups excluding carboxylic acids is 2. The molecule has 3 aromatic carbocycles. The number of hydrogen-bond donors (Lipinski definition) is 1. The lowest BCUT2D eigenvalue weighted by molar-refractivity contribution is -0.139. The van der Waals surface area contributed by atoms with Crippen molar-refractivity contribution in [3.63, 3.8) is 0 Å². The number of halogens is 1. The van der Waals surface area contributed by atoms with E-state index in [4.69, 9.17) is 16.3 Å². The molecule has 0 spiro atoms. The van der Waals surface area contributed by atoms with Crippen LogP contribution in [0.4, 0.5) is 5.69 Å². The third-order valence-corrected chi connectivity index (χ3v) is 9.71. The summed E-state index contributed by atoms with van der Waals surface area (Å²) < 4.78 is 34.4. The Morgan fingerprint density at radius 2 is 1.64 bits per heavy atom. The van der Waals surface area contributed by atoms with Gasteiger partial charge in [-0.2, -0.15) is 0 Å². The summed E-state index contributed by atoms with van der Waals surface area (Å²) in [4.78, 5) is 29.0. The van der Waals surface area contributed by atoms with Gasteiger partial charge in [-0.1, -0.05) is 54.3 Å². The van der Waals surface area contributed by atoms with Gasteiger partial charge >= 0.3 is 0 Å². The van der Waals surface area contributed by atoms with E-state index in [0.29, 0.717) is 22.0 Å². The summed E-state index contributed by atoms with van der Waals surface area (Å²) in [6.07, 6.45) is 3.92. The molecule has 4 rings (SSSR count). The number of methoxy groups -OCH3 is 1. The van der Waals surface area contributed by atoms with Crippen molar-refractivity contribution in [3.8, 4) is 5.75 Å². The van der Waals surface area contributed by atoms with Gasteiger partial charge in [0, 0.05) is 17.6 Å². The number of hydrogen-bond acceptors (Lipinski definition) is 5. The third-order valence-electron chi connectivity index (χ3n) is 7.70. The first-order valence-corrected chi connectivity index (χ1v) is 15.9. The van der Waals surface area contributed by atoms with Gasteiger partial charge in [0.1, 0.15) is 18.3 Å². The lowest BCUT2D eigenvalue weighted by Crippen LogP contribution is -2.52. The van der Waals surface area contributed by atoms with Gasteiger partial charge in [-0.15, -0.1) is 0 Å². The molecule has 0 saturated heterocycles. The molecule has 8 nitrogen and oxygen atoms in total. The van der Waals surface area contributed by atoms with Gasteiger partial charge in [-0.3, -0.25) is 13.9 Å². The van der Waals surface area contributed by atoms with Crippen molar-refractivity contribution in [2.75, 3.05) is 18.0 Å². The first-order valence-electron chi connectivity index (χ1n) is 14.1. The highest BCUT2D eigenvalue weighted by Crippen LogP contribution is 2.30. The Kier molecular flexibility index (Phi) is 10.2.